The fourth-order valence-electron chi connectivity index (χ4n) is 2.53. The van der Waals surface area contributed by atoms with Gasteiger partial charge in [0.15, 0.2) is 0 Å². The van der Waals surface area contributed by atoms with Crippen molar-refractivity contribution in [3.8, 4) is 0 Å². The van der Waals surface area contributed by atoms with Crippen molar-refractivity contribution >= 4 is 0 Å². The maximum atomic E-state index is 4.35. The molecule has 20 heavy (non-hydrogen) atoms. The van der Waals surface area contributed by atoms with Gasteiger partial charge in [0, 0.05) is 18.8 Å². The Morgan fingerprint density at radius 3 is 2.70 bits per heavy atom. The Morgan fingerprint density at radius 1 is 1.25 bits per heavy atom. The molecule has 0 aliphatic carbocycles. The molecule has 2 aromatic rings. The molecule has 0 aliphatic heterocycles. The van der Waals surface area contributed by atoms with Crippen LogP contribution in [0, 0.1) is 13.8 Å². The van der Waals surface area contributed by atoms with Crippen LogP contribution in [0.1, 0.15) is 29.2 Å². The van der Waals surface area contributed by atoms with E-state index in [0.717, 1.165) is 19.4 Å². The molecule has 108 valence electrons. The largest absolute Gasteiger partial charge is 0.316 e. The fraction of sp³-hybridized carbons (Fsp3) is 0.471. The van der Waals surface area contributed by atoms with Gasteiger partial charge in [-0.05, 0) is 57.4 Å². The summed E-state index contributed by atoms with van der Waals surface area (Å²) in [6, 6.07) is 7.14. The summed E-state index contributed by atoms with van der Waals surface area (Å²) in [5.74, 6) is 0. The zero-order valence-corrected chi connectivity index (χ0v) is 13.0. The summed E-state index contributed by atoms with van der Waals surface area (Å²) in [5.41, 5.74) is 5.45. The SMILES string of the molecule is CCn1cc(CC(Cc2cc(C)ccc2C)NC)cn1. The highest BCUT2D eigenvalue weighted by molar-refractivity contribution is 5.31. The van der Waals surface area contributed by atoms with E-state index in [9.17, 15) is 0 Å². The summed E-state index contributed by atoms with van der Waals surface area (Å²) in [5, 5.41) is 7.79. The van der Waals surface area contributed by atoms with Crippen molar-refractivity contribution in [3.05, 3.63) is 52.8 Å². The smallest absolute Gasteiger partial charge is 0.0522 e. The lowest BCUT2D eigenvalue weighted by Gasteiger charge is -2.17. The zero-order valence-electron chi connectivity index (χ0n) is 13.0. The lowest BCUT2D eigenvalue weighted by molar-refractivity contribution is 0.554. The standard InChI is InChI=1S/C17H25N3/c1-5-20-12-15(11-19-20)9-17(18-4)10-16-8-13(2)6-7-14(16)3/h6-8,11-12,17-18H,5,9-10H2,1-4H3. The quantitative estimate of drug-likeness (QED) is 0.875. The molecular formula is C17H25N3. The maximum Gasteiger partial charge on any atom is 0.0522 e. The highest BCUT2D eigenvalue weighted by atomic mass is 15.3. The van der Waals surface area contributed by atoms with Gasteiger partial charge in [0.2, 0.25) is 0 Å². The molecule has 0 bridgehead atoms. The van der Waals surface area contributed by atoms with E-state index in [1.807, 2.05) is 17.9 Å². The zero-order chi connectivity index (χ0) is 14.5. The van der Waals surface area contributed by atoms with Crippen molar-refractivity contribution in [3.63, 3.8) is 0 Å². The molecule has 1 atom stereocenters. The molecule has 0 radical (unpaired) electrons. The Hall–Kier alpha value is -1.61. The topological polar surface area (TPSA) is 29.9 Å². The Bertz CT molecular complexity index is 557. The van der Waals surface area contributed by atoms with Gasteiger partial charge in [0.25, 0.3) is 0 Å². The van der Waals surface area contributed by atoms with Gasteiger partial charge in [-0.15, -0.1) is 0 Å². The first-order valence-electron chi connectivity index (χ1n) is 7.37. The van der Waals surface area contributed by atoms with Gasteiger partial charge >= 0.3 is 0 Å². The molecule has 0 fully saturated rings. The van der Waals surface area contributed by atoms with Crippen LogP contribution in [0.25, 0.3) is 0 Å². The molecule has 3 nitrogen and oxygen atoms in total. The number of nitrogens with zero attached hydrogens (tertiary/aromatic N) is 2. The number of hydrogen-bond donors (Lipinski definition) is 1. The molecule has 0 saturated carbocycles. The number of aromatic nitrogens is 2. The molecule has 1 N–H and O–H groups in total. The van der Waals surface area contributed by atoms with E-state index in [2.05, 4.69) is 55.6 Å². The maximum absolute atomic E-state index is 4.35. The molecular weight excluding hydrogens is 246 g/mol. The lowest BCUT2D eigenvalue weighted by atomic mass is 9.96. The van der Waals surface area contributed by atoms with Crippen molar-refractivity contribution in [2.45, 2.75) is 46.2 Å². The molecule has 1 aromatic carbocycles. The molecule has 2 rings (SSSR count). The van der Waals surface area contributed by atoms with Crippen LogP contribution in [0.15, 0.2) is 30.6 Å². The third kappa shape index (κ3) is 3.70. The predicted octanol–water partition coefficient (Wildman–Crippen LogP) is 2.89. The second kappa shape index (κ2) is 6.71. The summed E-state index contributed by atoms with van der Waals surface area (Å²) in [6.07, 6.45) is 6.20. The van der Waals surface area contributed by atoms with E-state index < -0.39 is 0 Å². The van der Waals surface area contributed by atoms with E-state index in [4.69, 9.17) is 0 Å². The predicted molar refractivity (Wildman–Crippen MR) is 84.1 cm³/mol. The molecule has 1 unspecified atom stereocenters. The lowest BCUT2D eigenvalue weighted by Crippen LogP contribution is -2.30. The molecule has 0 amide bonds. The molecule has 0 spiro atoms. The summed E-state index contributed by atoms with van der Waals surface area (Å²) < 4.78 is 1.99. The van der Waals surface area contributed by atoms with Crippen molar-refractivity contribution in [2.75, 3.05) is 7.05 Å². The van der Waals surface area contributed by atoms with Crippen molar-refractivity contribution < 1.29 is 0 Å². The normalized spacial score (nSPS) is 12.6. The average Bonchev–Trinajstić information content (AvgIpc) is 2.89. The summed E-state index contributed by atoms with van der Waals surface area (Å²) in [6.45, 7) is 7.39. The van der Waals surface area contributed by atoms with Crippen molar-refractivity contribution in [1.82, 2.24) is 15.1 Å². The highest BCUT2D eigenvalue weighted by Gasteiger charge is 2.11. The minimum Gasteiger partial charge on any atom is -0.316 e. The molecule has 0 aliphatic rings. The van der Waals surface area contributed by atoms with Gasteiger partial charge in [0.1, 0.15) is 0 Å². The summed E-state index contributed by atoms with van der Waals surface area (Å²) >= 11 is 0. The Labute approximate surface area is 122 Å². The Balaban J connectivity index is 2.06. The molecule has 3 heteroatoms. The first kappa shape index (κ1) is 14.8. The first-order chi connectivity index (χ1) is 9.62. The Morgan fingerprint density at radius 2 is 2.05 bits per heavy atom. The van der Waals surface area contributed by atoms with Crippen LogP contribution in [-0.2, 0) is 19.4 Å². The van der Waals surface area contributed by atoms with E-state index in [-0.39, 0.29) is 0 Å². The summed E-state index contributed by atoms with van der Waals surface area (Å²) in [7, 11) is 2.04. The van der Waals surface area contributed by atoms with Crippen LogP contribution in [0.2, 0.25) is 0 Å². The van der Waals surface area contributed by atoms with E-state index >= 15 is 0 Å². The molecule has 0 saturated heterocycles. The average molecular weight is 271 g/mol. The summed E-state index contributed by atoms with van der Waals surface area (Å²) in [4.78, 5) is 0. The minimum atomic E-state index is 0.449. The van der Waals surface area contributed by atoms with Gasteiger partial charge in [-0.1, -0.05) is 23.8 Å². The fourth-order valence-corrected chi connectivity index (χ4v) is 2.53. The number of likely N-dealkylation sites (N-methyl/N-ethyl adjacent to an activating group) is 1. The van der Waals surface area contributed by atoms with Crippen LogP contribution in [-0.4, -0.2) is 22.9 Å². The van der Waals surface area contributed by atoms with Crippen molar-refractivity contribution in [1.29, 1.82) is 0 Å². The second-order valence-corrected chi connectivity index (χ2v) is 5.53. The second-order valence-electron chi connectivity index (χ2n) is 5.53. The third-order valence-electron chi connectivity index (χ3n) is 3.87. The van der Waals surface area contributed by atoms with E-state index in [1.54, 1.807) is 0 Å². The Kier molecular flexibility index (Phi) is 4.96. The number of nitrogens with one attached hydrogen (secondary N) is 1. The number of aryl methyl sites for hydroxylation is 3. The number of benzene rings is 1. The van der Waals surface area contributed by atoms with Gasteiger partial charge in [-0.2, -0.15) is 5.10 Å². The van der Waals surface area contributed by atoms with Gasteiger partial charge in [-0.3, -0.25) is 4.68 Å². The first-order valence-corrected chi connectivity index (χ1v) is 7.37. The van der Waals surface area contributed by atoms with Gasteiger partial charge in [0.05, 0.1) is 6.20 Å². The molecule has 1 heterocycles. The monoisotopic (exact) mass is 271 g/mol. The van der Waals surface area contributed by atoms with Gasteiger partial charge in [-0.25, -0.2) is 0 Å². The van der Waals surface area contributed by atoms with E-state index in [1.165, 1.54) is 22.3 Å². The van der Waals surface area contributed by atoms with Crippen LogP contribution < -0.4 is 5.32 Å². The van der Waals surface area contributed by atoms with Crippen LogP contribution >= 0.6 is 0 Å². The third-order valence-corrected chi connectivity index (χ3v) is 3.87. The number of rotatable bonds is 6. The number of hydrogen-bond acceptors (Lipinski definition) is 2. The van der Waals surface area contributed by atoms with E-state index in [0.29, 0.717) is 6.04 Å². The molecule has 1 aromatic heterocycles. The van der Waals surface area contributed by atoms with Crippen molar-refractivity contribution in [2.24, 2.45) is 0 Å². The minimum absolute atomic E-state index is 0.449. The van der Waals surface area contributed by atoms with Crippen LogP contribution in [0.4, 0.5) is 0 Å². The van der Waals surface area contributed by atoms with Crippen LogP contribution in [0.5, 0.6) is 0 Å². The highest BCUT2D eigenvalue weighted by Crippen LogP contribution is 2.15. The van der Waals surface area contributed by atoms with Crippen LogP contribution in [0.3, 0.4) is 0 Å². The van der Waals surface area contributed by atoms with Gasteiger partial charge < -0.3 is 5.32 Å².